The molecular weight excluding hydrogens is 316 g/mol. The van der Waals surface area contributed by atoms with Crippen LogP contribution in [0.3, 0.4) is 0 Å². The summed E-state index contributed by atoms with van der Waals surface area (Å²) in [6.45, 7) is 7.62. The zero-order valence-corrected chi connectivity index (χ0v) is 14.4. The SMILES string of the molecule is C=C(Cl)C=N/C(=C/S(=O)(=O)N(C)C[C@H](CC)OC)OCC. The van der Waals surface area contributed by atoms with Crippen molar-refractivity contribution in [2.75, 3.05) is 27.3 Å². The normalized spacial score (nSPS) is 14.7. The Morgan fingerprint density at radius 1 is 1.48 bits per heavy atom. The fraction of sp³-hybridized carbons (Fsp3) is 0.615. The molecule has 0 aliphatic heterocycles. The maximum Gasteiger partial charge on any atom is 0.241 e. The highest BCUT2D eigenvalue weighted by Crippen LogP contribution is 2.10. The highest BCUT2D eigenvalue weighted by molar-refractivity contribution is 7.92. The van der Waals surface area contributed by atoms with Crippen LogP contribution in [0.2, 0.25) is 0 Å². The number of likely N-dealkylation sites (N-methyl/N-ethyl adjacent to an activating group) is 1. The Balaban J connectivity index is 5.16. The van der Waals surface area contributed by atoms with Gasteiger partial charge in [-0.1, -0.05) is 25.1 Å². The number of nitrogens with zero attached hydrogens (tertiary/aromatic N) is 2. The van der Waals surface area contributed by atoms with E-state index in [0.29, 0.717) is 6.42 Å². The van der Waals surface area contributed by atoms with E-state index in [9.17, 15) is 8.42 Å². The molecule has 0 aromatic heterocycles. The molecule has 0 aliphatic carbocycles. The monoisotopic (exact) mass is 338 g/mol. The molecular formula is C13H23ClN2O4S. The van der Waals surface area contributed by atoms with Gasteiger partial charge < -0.3 is 9.47 Å². The Morgan fingerprint density at radius 3 is 2.52 bits per heavy atom. The molecule has 0 unspecified atom stereocenters. The van der Waals surface area contributed by atoms with Crippen molar-refractivity contribution >= 4 is 27.8 Å². The van der Waals surface area contributed by atoms with Crippen molar-refractivity contribution in [1.29, 1.82) is 0 Å². The quantitative estimate of drug-likeness (QED) is 0.453. The van der Waals surface area contributed by atoms with Crippen LogP contribution in [0.4, 0.5) is 0 Å². The van der Waals surface area contributed by atoms with Crippen molar-refractivity contribution in [2.24, 2.45) is 4.99 Å². The molecule has 0 bridgehead atoms. The maximum atomic E-state index is 12.2. The minimum atomic E-state index is -3.67. The molecule has 0 radical (unpaired) electrons. The van der Waals surface area contributed by atoms with Crippen molar-refractivity contribution < 1.29 is 17.9 Å². The van der Waals surface area contributed by atoms with Crippen LogP contribution < -0.4 is 0 Å². The molecule has 0 fully saturated rings. The van der Waals surface area contributed by atoms with Crippen molar-refractivity contribution in [2.45, 2.75) is 26.4 Å². The number of allylic oxidation sites excluding steroid dienone is 1. The number of hydrogen-bond acceptors (Lipinski definition) is 5. The van der Waals surface area contributed by atoms with Gasteiger partial charge in [-0.2, -0.15) is 4.31 Å². The second-order valence-corrected chi connectivity index (χ2v) is 6.56. The van der Waals surface area contributed by atoms with Gasteiger partial charge in [-0.15, -0.1) is 0 Å². The molecule has 6 nitrogen and oxygen atoms in total. The summed E-state index contributed by atoms with van der Waals surface area (Å²) in [4.78, 5) is 3.85. The minimum absolute atomic E-state index is 0.0448. The van der Waals surface area contributed by atoms with Crippen LogP contribution in [0.15, 0.2) is 27.9 Å². The Labute approximate surface area is 132 Å². The average molecular weight is 339 g/mol. The molecule has 0 rings (SSSR count). The number of sulfonamides is 1. The summed E-state index contributed by atoms with van der Waals surface area (Å²) in [7, 11) is -0.643. The van der Waals surface area contributed by atoms with Crippen molar-refractivity contribution in [3.05, 3.63) is 22.9 Å². The lowest BCUT2D eigenvalue weighted by Crippen LogP contribution is -2.34. The first-order chi connectivity index (χ1) is 9.76. The van der Waals surface area contributed by atoms with E-state index in [0.717, 1.165) is 5.41 Å². The topological polar surface area (TPSA) is 68.2 Å². The molecule has 0 saturated carbocycles. The first-order valence-electron chi connectivity index (χ1n) is 6.48. The Morgan fingerprint density at radius 2 is 2.10 bits per heavy atom. The maximum absolute atomic E-state index is 12.2. The number of methoxy groups -OCH3 is 1. The third-order valence-electron chi connectivity index (χ3n) is 2.56. The molecule has 1 atom stereocenters. The van der Waals surface area contributed by atoms with Gasteiger partial charge in [0, 0.05) is 26.9 Å². The first kappa shape index (κ1) is 20.1. The molecule has 0 spiro atoms. The summed E-state index contributed by atoms with van der Waals surface area (Å²) >= 11 is 5.56. The molecule has 0 saturated heterocycles. The van der Waals surface area contributed by atoms with Crippen LogP contribution in [-0.4, -0.2) is 52.4 Å². The third kappa shape index (κ3) is 8.21. The first-order valence-corrected chi connectivity index (χ1v) is 8.37. The number of hydrogen-bond donors (Lipinski definition) is 0. The van der Waals surface area contributed by atoms with Crippen LogP contribution >= 0.6 is 11.6 Å². The van der Waals surface area contributed by atoms with Gasteiger partial charge in [0.25, 0.3) is 0 Å². The highest BCUT2D eigenvalue weighted by atomic mass is 35.5. The fourth-order valence-electron chi connectivity index (χ4n) is 1.36. The van der Waals surface area contributed by atoms with Crippen LogP contribution in [-0.2, 0) is 19.5 Å². The minimum Gasteiger partial charge on any atom is -0.477 e. The molecule has 0 amide bonds. The predicted molar refractivity (Wildman–Crippen MR) is 85.8 cm³/mol. The highest BCUT2D eigenvalue weighted by Gasteiger charge is 2.20. The molecule has 0 aliphatic rings. The number of rotatable bonds is 10. The van der Waals surface area contributed by atoms with Gasteiger partial charge in [-0.05, 0) is 13.3 Å². The lowest BCUT2D eigenvalue weighted by Gasteiger charge is -2.20. The molecule has 122 valence electrons. The lowest BCUT2D eigenvalue weighted by molar-refractivity contribution is 0.0862. The van der Waals surface area contributed by atoms with Gasteiger partial charge >= 0.3 is 0 Å². The van der Waals surface area contributed by atoms with Crippen molar-refractivity contribution in [1.82, 2.24) is 4.31 Å². The fourth-order valence-corrected chi connectivity index (χ4v) is 2.35. The standard InChI is InChI=1S/C13H23ClN2O4S/c1-6-12(19-5)9-16(4)21(17,18)10-13(20-7-2)15-8-11(3)14/h8,10,12H,3,6-7,9H2,1-2,4-5H3/b13-10-,15-8?/t12-/m0/s1. The van der Waals surface area contributed by atoms with Crippen LogP contribution in [0.1, 0.15) is 20.3 Å². The Hall–Kier alpha value is -0.890. The van der Waals surface area contributed by atoms with E-state index >= 15 is 0 Å². The zero-order valence-electron chi connectivity index (χ0n) is 12.9. The summed E-state index contributed by atoms with van der Waals surface area (Å²) in [6.07, 6.45) is 1.77. The van der Waals surface area contributed by atoms with Gasteiger partial charge in [0.05, 0.1) is 17.7 Å². The second kappa shape index (κ2) is 9.94. The van der Waals surface area contributed by atoms with E-state index in [-0.39, 0.29) is 30.2 Å². The van der Waals surface area contributed by atoms with E-state index in [1.54, 1.807) is 14.0 Å². The Bertz CT molecular complexity index is 484. The smallest absolute Gasteiger partial charge is 0.241 e. The number of aliphatic imine (C=N–C) groups is 1. The third-order valence-corrected chi connectivity index (χ3v) is 4.17. The summed E-state index contributed by atoms with van der Waals surface area (Å²) in [5.74, 6) is -0.0448. The van der Waals surface area contributed by atoms with E-state index < -0.39 is 10.0 Å². The Kier molecular flexibility index (Phi) is 9.52. The second-order valence-electron chi connectivity index (χ2n) is 4.19. The molecule has 0 heterocycles. The average Bonchev–Trinajstić information content (AvgIpc) is 2.41. The van der Waals surface area contributed by atoms with Crippen LogP contribution in [0, 0.1) is 0 Å². The van der Waals surface area contributed by atoms with Gasteiger partial charge in [-0.25, -0.2) is 13.4 Å². The molecule has 21 heavy (non-hydrogen) atoms. The van der Waals surface area contributed by atoms with Crippen molar-refractivity contribution in [3.8, 4) is 0 Å². The van der Waals surface area contributed by atoms with E-state index in [4.69, 9.17) is 21.1 Å². The lowest BCUT2D eigenvalue weighted by atomic mass is 10.3. The van der Waals surface area contributed by atoms with E-state index in [1.165, 1.54) is 17.6 Å². The summed E-state index contributed by atoms with van der Waals surface area (Å²) in [5, 5.41) is 1.13. The predicted octanol–water partition coefficient (Wildman–Crippen LogP) is 2.33. The zero-order chi connectivity index (χ0) is 16.5. The molecule has 8 heteroatoms. The van der Waals surface area contributed by atoms with Crippen LogP contribution in [0.5, 0.6) is 0 Å². The van der Waals surface area contributed by atoms with E-state index in [2.05, 4.69) is 11.6 Å². The molecule has 0 aromatic carbocycles. The van der Waals surface area contributed by atoms with Crippen molar-refractivity contribution in [3.63, 3.8) is 0 Å². The van der Waals surface area contributed by atoms with Crippen LogP contribution in [0.25, 0.3) is 0 Å². The van der Waals surface area contributed by atoms with Gasteiger partial charge in [0.15, 0.2) is 0 Å². The van der Waals surface area contributed by atoms with Gasteiger partial charge in [-0.3, -0.25) is 0 Å². The van der Waals surface area contributed by atoms with E-state index in [1.807, 2.05) is 6.92 Å². The number of ether oxygens (including phenoxy) is 2. The molecule has 0 aromatic rings. The van der Waals surface area contributed by atoms with Gasteiger partial charge in [0.1, 0.15) is 5.41 Å². The molecule has 0 N–H and O–H groups in total. The summed E-state index contributed by atoms with van der Waals surface area (Å²) < 4.78 is 36.0. The summed E-state index contributed by atoms with van der Waals surface area (Å²) in [5.41, 5.74) is 0. The summed E-state index contributed by atoms with van der Waals surface area (Å²) in [6, 6.07) is 0. The number of halogens is 1. The van der Waals surface area contributed by atoms with Gasteiger partial charge in [0.2, 0.25) is 15.9 Å². The largest absolute Gasteiger partial charge is 0.477 e.